The third kappa shape index (κ3) is 1.98. The van der Waals surface area contributed by atoms with Gasteiger partial charge in [0.15, 0.2) is 0 Å². The molecular weight excluding hydrogens is 248 g/mol. The number of halogens is 1. The van der Waals surface area contributed by atoms with Crippen molar-refractivity contribution in [1.29, 1.82) is 0 Å². The number of fused-ring (bicyclic) bond motifs is 2. The molecule has 2 aromatic carbocycles. The summed E-state index contributed by atoms with van der Waals surface area (Å²) >= 11 is 8.14. The van der Waals surface area contributed by atoms with Gasteiger partial charge >= 0.3 is 0 Å². The second-order valence-electron chi connectivity index (χ2n) is 4.41. The van der Waals surface area contributed by atoms with Gasteiger partial charge in [0.2, 0.25) is 0 Å². The predicted octanol–water partition coefficient (Wildman–Crippen LogP) is 4.84. The number of hydrogen-bond donors (Lipinski definition) is 0. The summed E-state index contributed by atoms with van der Waals surface area (Å²) in [6.07, 6.45) is 1.000. The maximum atomic E-state index is 6.28. The molecule has 1 heterocycles. The molecule has 0 aliphatic carbocycles. The summed E-state index contributed by atoms with van der Waals surface area (Å²) in [6.45, 7) is 2.19. The van der Waals surface area contributed by atoms with Crippen molar-refractivity contribution >= 4 is 23.4 Å². The Labute approximate surface area is 111 Å². The van der Waals surface area contributed by atoms with E-state index in [1.165, 1.54) is 27.1 Å². The van der Waals surface area contributed by atoms with Crippen molar-refractivity contribution in [2.24, 2.45) is 0 Å². The summed E-state index contributed by atoms with van der Waals surface area (Å²) in [6, 6.07) is 12.8. The van der Waals surface area contributed by atoms with Gasteiger partial charge in [0.05, 0.1) is 5.02 Å². The van der Waals surface area contributed by atoms with E-state index >= 15 is 0 Å². The molecule has 0 aromatic heterocycles. The van der Waals surface area contributed by atoms with E-state index in [4.69, 9.17) is 11.6 Å². The molecule has 0 bridgehead atoms. The van der Waals surface area contributed by atoms with Crippen molar-refractivity contribution in [3.63, 3.8) is 0 Å². The van der Waals surface area contributed by atoms with Crippen LogP contribution in [0.25, 0.3) is 0 Å². The quantitative estimate of drug-likeness (QED) is 0.653. The van der Waals surface area contributed by atoms with Gasteiger partial charge < -0.3 is 0 Å². The molecule has 0 nitrogen and oxygen atoms in total. The highest BCUT2D eigenvalue weighted by molar-refractivity contribution is 7.98. The Hall–Kier alpha value is -0.920. The molecule has 0 spiro atoms. The first kappa shape index (κ1) is 11.2. The van der Waals surface area contributed by atoms with Gasteiger partial charge in [0.1, 0.15) is 0 Å². The molecule has 2 heteroatoms. The van der Waals surface area contributed by atoms with E-state index in [2.05, 4.69) is 31.2 Å². The van der Waals surface area contributed by atoms with Crippen LogP contribution in [0.5, 0.6) is 0 Å². The Morgan fingerprint density at radius 2 is 1.82 bits per heavy atom. The Bertz CT molecular complexity index is 524. The van der Waals surface area contributed by atoms with Crippen molar-refractivity contribution in [2.45, 2.75) is 24.0 Å². The van der Waals surface area contributed by atoms with Gasteiger partial charge in [-0.1, -0.05) is 41.9 Å². The zero-order chi connectivity index (χ0) is 11.8. The minimum absolute atomic E-state index is 0.887. The lowest BCUT2D eigenvalue weighted by molar-refractivity contribution is 1.11. The molecule has 17 heavy (non-hydrogen) atoms. The van der Waals surface area contributed by atoms with E-state index in [9.17, 15) is 0 Å². The van der Waals surface area contributed by atoms with Crippen molar-refractivity contribution in [2.75, 3.05) is 0 Å². The zero-order valence-corrected chi connectivity index (χ0v) is 11.2. The predicted molar refractivity (Wildman–Crippen MR) is 75.0 cm³/mol. The number of hydrogen-bond acceptors (Lipinski definition) is 1. The first-order chi connectivity index (χ1) is 8.25. The van der Waals surface area contributed by atoms with Crippen molar-refractivity contribution in [1.82, 2.24) is 0 Å². The summed E-state index contributed by atoms with van der Waals surface area (Å²) in [5.41, 5.74) is 5.66. The summed E-state index contributed by atoms with van der Waals surface area (Å²) in [5, 5.41) is 0.887. The normalized spacial score (nSPS) is 13.8. The monoisotopic (exact) mass is 260 g/mol. The fourth-order valence-corrected chi connectivity index (χ4v) is 3.93. The first-order valence-electron chi connectivity index (χ1n) is 5.73. The SMILES string of the molecule is Cc1cccc2c1CSc1c(Cl)cccc1C2. The van der Waals surface area contributed by atoms with Crippen LogP contribution >= 0.6 is 23.4 Å². The highest BCUT2D eigenvalue weighted by Crippen LogP contribution is 2.38. The van der Waals surface area contributed by atoms with Crippen molar-refractivity contribution in [3.8, 4) is 0 Å². The molecule has 0 radical (unpaired) electrons. The van der Waals surface area contributed by atoms with Crippen LogP contribution in [-0.2, 0) is 12.2 Å². The fourth-order valence-electron chi connectivity index (χ4n) is 2.34. The van der Waals surface area contributed by atoms with Crippen LogP contribution in [-0.4, -0.2) is 0 Å². The van der Waals surface area contributed by atoms with Crippen LogP contribution in [0.3, 0.4) is 0 Å². The first-order valence-corrected chi connectivity index (χ1v) is 7.09. The second kappa shape index (κ2) is 4.40. The zero-order valence-electron chi connectivity index (χ0n) is 9.66. The van der Waals surface area contributed by atoms with Gasteiger partial charge in [0.25, 0.3) is 0 Å². The lowest BCUT2D eigenvalue weighted by Crippen LogP contribution is -1.94. The highest BCUT2D eigenvalue weighted by Gasteiger charge is 2.16. The fraction of sp³-hybridized carbons (Fsp3) is 0.200. The molecule has 0 amide bonds. The van der Waals surface area contributed by atoms with E-state index in [0.717, 1.165) is 17.2 Å². The molecule has 86 valence electrons. The second-order valence-corrected chi connectivity index (χ2v) is 5.80. The van der Waals surface area contributed by atoms with Crippen molar-refractivity contribution in [3.05, 3.63) is 63.7 Å². The molecule has 0 fully saturated rings. The van der Waals surface area contributed by atoms with E-state index in [0.29, 0.717) is 0 Å². The number of rotatable bonds is 0. The molecule has 0 unspecified atom stereocenters. The van der Waals surface area contributed by atoms with Crippen LogP contribution in [0.2, 0.25) is 5.02 Å². The molecule has 2 aromatic rings. The number of aryl methyl sites for hydroxylation is 1. The molecule has 3 rings (SSSR count). The van der Waals surface area contributed by atoms with Crippen LogP contribution in [0, 0.1) is 6.92 Å². The van der Waals surface area contributed by atoms with E-state index in [1.54, 1.807) is 0 Å². The number of thioether (sulfide) groups is 1. The molecular formula is C15H13ClS. The maximum absolute atomic E-state index is 6.28. The third-order valence-corrected chi connectivity index (χ3v) is 4.93. The summed E-state index contributed by atoms with van der Waals surface area (Å²) in [4.78, 5) is 1.25. The Morgan fingerprint density at radius 1 is 1.06 bits per heavy atom. The van der Waals surface area contributed by atoms with Crippen LogP contribution in [0.4, 0.5) is 0 Å². The molecule has 0 saturated carbocycles. The number of benzene rings is 2. The summed E-state index contributed by atoms with van der Waals surface area (Å²) < 4.78 is 0. The van der Waals surface area contributed by atoms with E-state index in [-0.39, 0.29) is 0 Å². The van der Waals surface area contributed by atoms with Gasteiger partial charge in [-0.15, -0.1) is 11.8 Å². The van der Waals surface area contributed by atoms with Gasteiger partial charge in [-0.3, -0.25) is 0 Å². The molecule has 0 N–H and O–H groups in total. The molecule has 0 saturated heterocycles. The molecule has 1 aliphatic rings. The average molecular weight is 261 g/mol. The van der Waals surface area contributed by atoms with E-state index in [1.807, 2.05) is 23.9 Å². The Kier molecular flexibility index (Phi) is 2.89. The summed E-state index contributed by atoms with van der Waals surface area (Å²) in [5.74, 6) is 1.03. The largest absolute Gasteiger partial charge is 0.119 e. The third-order valence-electron chi connectivity index (χ3n) is 3.30. The van der Waals surface area contributed by atoms with Crippen molar-refractivity contribution < 1.29 is 0 Å². The lowest BCUT2D eigenvalue weighted by Gasteiger charge is -2.07. The highest BCUT2D eigenvalue weighted by atomic mass is 35.5. The van der Waals surface area contributed by atoms with Gasteiger partial charge in [-0.2, -0.15) is 0 Å². The van der Waals surface area contributed by atoms with Crippen LogP contribution < -0.4 is 0 Å². The van der Waals surface area contributed by atoms with E-state index < -0.39 is 0 Å². The van der Waals surface area contributed by atoms with Gasteiger partial charge in [-0.05, 0) is 41.7 Å². The maximum Gasteiger partial charge on any atom is 0.0544 e. The Morgan fingerprint density at radius 3 is 2.71 bits per heavy atom. The minimum Gasteiger partial charge on any atom is -0.119 e. The smallest absolute Gasteiger partial charge is 0.0544 e. The topological polar surface area (TPSA) is 0 Å². The molecule has 1 aliphatic heterocycles. The van der Waals surface area contributed by atoms with Crippen LogP contribution in [0.15, 0.2) is 41.3 Å². The Balaban J connectivity index is 2.14. The van der Waals surface area contributed by atoms with Gasteiger partial charge in [-0.25, -0.2) is 0 Å². The average Bonchev–Trinajstić information content (AvgIpc) is 2.50. The summed E-state index contributed by atoms with van der Waals surface area (Å²) in [7, 11) is 0. The lowest BCUT2D eigenvalue weighted by atomic mass is 9.97. The van der Waals surface area contributed by atoms with Crippen LogP contribution in [0.1, 0.15) is 22.3 Å². The molecule has 0 atom stereocenters. The van der Waals surface area contributed by atoms with Gasteiger partial charge in [0, 0.05) is 10.6 Å². The minimum atomic E-state index is 0.887. The standard InChI is InChI=1S/C15H13ClS/c1-10-4-2-5-11-8-12-6-3-7-14(16)15(12)17-9-13(10)11/h2-7H,8-9H2,1H3.